The van der Waals surface area contributed by atoms with Crippen LogP contribution in [0.4, 0.5) is 0 Å². The van der Waals surface area contributed by atoms with Crippen LogP contribution in [0.2, 0.25) is 0 Å². The average molecular weight is 161 g/mol. The highest BCUT2D eigenvalue weighted by Gasteiger charge is 2.07. The van der Waals surface area contributed by atoms with Crippen molar-refractivity contribution >= 4 is 24.7 Å². The molecular formula is C5H8NOPS. The highest BCUT2D eigenvalue weighted by atomic mass is 32.1. The fraction of sp³-hybridized carbons (Fsp3) is 0.400. The van der Waals surface area contributed by atoms with E-state index in [1.807, 2.05) is 0 Å². The molecule has 1 unspecified atom stereocenters. The van der Waals surface area contributed by atoms with Crippen molar-refractivity contribution in [1.29, 1.82) is 0 Å². The van der Waals surface area contributed by atoms with Crippen LogP contribution in [0.5, 0.6) is 0 Å². The molecule has 0 aromatic carbocycles. The van der Waals surface area contributed by atoms with Crippen molar-refractivity contribution in [2.24, 2.45) is 4.76 Å². The normalized spacial score (nSPS) is 15.2. The minimum atomic E-state index is -2.40. The van der Waals surface area contributed by atoms with Crippen LogP contribution in [0.25, 0.3) is 0 Å². The number of hydrogen-bond donors (Lipinski definition) is 0. The fourth-order valence-electron chi connectivity index (χ4n) is 0.367. The molecule has 4 heteroatoms. The Hall–Kier alpha value is -0.230. The molecular weight excluding hydrogens is 153 g/mol. The summed E-state index contributed by atoms with van der Waals surface area (Å²) in [6.07, 6.45) is 1.97. The highest BCUT2D eigenvalue weighted by Crippen LogP contribution is 2.41. The predicted octanol–water partition coefficient (Wildman–Crippen LogP) is 2.18. The minimum Gasteiger partial charge on any atom is -0.298 e. The van der Waals surface area contributed by atoms with E-state index in [2.05, 4.69) is 28.7 Å². The number of isothiocyanates is 1. The summed E-state index contributed by atoms with van der Waals surface area (Å²) in [4.78, 5) is 0. The van der Waals surface area contributed by atoms with Crippen LogP contribution in [0.3, 0.4) is 0 Å². The molecule has 1 atom stereocenters. The maximum atomic E-state index is 11.0. The fourth-order valence-corrected chi connectivity index (χ4v) is 1.62. The Morgan fingerprint density at radius 3 is 2.89 bits per heavy atom. The zero-order valence-corrected chi connectivity index (χ0v) is 6.91. The van der Waals surface area contributed by atoms with Crippen molar-refractivity contribution in [2.75, 3.05) is 12.8 Å². The molecule has 9 heavy (non-hydrogen) atoms. The molecule has 0 spiro atoms. The van der Waals surface area contributed by atoms with Crippen molar-refractivity contribution in [2.45, 2.75) is 0 Å². The zero-order chi connectivity index (χ0) is 7.33. The number of thiocarbonyl (C=S) groups is 1. The molecule has 0 aliphatic rings. The molecule has 0 saturated carbocycles. The standard InChI is InChI=1S/C5H8NOPS/c1-3-4-8(2,7)6-5-9/h3H,1,4H2,2H3. The van der Waals surface area contributed by atoms with Crippen LogP contribution in [0, 0.1) is 0 Å². The third-order valence-electron chi connectivity index (χ3n) is 0.720. The van der Waals surface area contributed by atoms with Gasteiger partial charge in [-0.15, -0.1) is 6.58 Å². The summed E-state index contributed by atoms with van der Waals surface area (Å²) >= 11 is 4.29. The average Bonchev–Trinajstić information content (AvgIpc) is 1.64. The quantitative estimate of drug-likeness (QED) is 0.275. The van der Waals surface area contributed by atoms with Crippen LogP contribution in [0.1, 0.15) is 0 Å². The first-order valence-electron chi connectivity index (χ1n) is 2.39. The molecule has 2 nitrogen and oxygen atoms in total. The van der Waals surface area contributed by atoms with Crippen LogP contribution in [-0.2, 0) is 4.57 Å². The van der Waals surface area contributed by atoms with E-state index in [4.69, 9.17) is 0 Å². The maximum absolute atomic E-state index is 11.0. The number of allylic oxidation sites excluding steroid dienone is 1. The third kappa shape index (κ3) is 4.28. The van der Waals surface area contributed by atoms with Crippen molar-refractivity contribution in [3.8, 4) is 0 Å². The van der Waals surface area contributed by atoms with E-state index in [1.165, 1.54) is 0 Å². The number of rotatable bonds is 3. The first kappa shape index (κ1) is 8.77. The van der Waals surface area contributed by atoms with Gasteiger partial charge in [-0.3, -0.25) is 4.57 Å². The van der Waals surface area contributed by atoms with Crippen molar-refractivity contribution in [3.63, 3.8) is 0 Å². The molecule has 0 saturated heterocycles. The largest absolute Gasteiger partial charge is 0.298 e. The minimum absolute atomic E-state index is 0.399. The topological polar surface area (TPSA) is 29.4 Å². The van der Waals surface area contributed by atoms with Gasteiger partial charge < -0.3 is 0 Å². The van der Waals surface area contributed by atoms with Gasteiger partial charge >= 0.3 is 0 Å². The Balaban J connectivity index is 4.19. The van der Waals surface area contributed by atoms with Gasteiger partial charge in [-0.25, -0.2) is 0 Å². The Kier molecular flexibility index (Phi) is 3.64. The van der Waals surface area contributed by atoms with E-state index in [0.717, 1.165) is 0 Å². The first-order chi connectivity index (χ1) is 4.12. The SMILES string of the molecule is C=CCP(C)(=O)N=C=S. The first-order valence-corrected chi connectivity index (χ1v) is 5.09. The molecule has 0 aliphatic heterocycles. The van der Waals surface area contributed by atoms with E-state index in [0.29, 0.717) is 6.16 Å². The summed E-state index contributed by atoms with van der Waals surface area (Å²) < 4.78 is 14.5. The Morgan fingerprint density at radius 1 is 2.00 bits per heavy atom. The molecule has 0 radical (unpaired) electrons. The molecule has 0 aliphatic carbocycles. The molecule has 0 rings (SSSR count). The van der Waals surface area contributed by atoms with Crippen LogP contribution in [0.15, 0.2) is 17.4 Å². The summed E-state index contributed by atoms with van der Waals surface area (Å²) in [5.41, 5.74) is 0. The summed E-state index contributed by atoms with van der Waals surface area (Å²) in [6, 6.07) is 0. The number of nitrogens with zero attached hydrogens (tertiary/aromatic N) is 1. The van der Waals surface area contributed by atoms with Crippen molar-refractivity contribution in [3.05, 3.63) is 12.7 Å². The second-order valence-corrected chi connectivity index (χ2v) is 4.56. The molecule has 0 aromatic rings. The molecule has 0 N–H and O–H groups in total. The number of hydrogen-bond acceptors (Lipinski definition) is 2. The van der Waals surface area contributed by atoms with Crippen LogP contribution < -0.4 is 0 Å². The van der Waals surface area contributed by atoms with Gasteiger partial charge in [0.15, 0.2) is 7.29 Å². The van der Waals surface area contributed by atoms with E-state index in [-0.39, 0.29) is 0 Å². The maximum Gasteiger partial charge on any atom is 0.200 e. The predicted molar refractivity (Wildman–Crippen MR) is 43.6 cm³/mol. The van der Waals surface area contributed by atoms with Gasteiger partial charge in [-0.2, -0.15) is 4.76 Å². The zero-order valence-electron chi connectivity index (χ0n) is 5.20. The molecule has 0 bridgehead atoms. The lowest BCUT2D eigenvalue weighted by Crippen LogP contribution is -1.76. The van der Waals surface area contributed by atoms with Gasteiger partial charge in [0.1, 0.15) is 0 Å². The molecule has 50 valence electrons. The molecule has 0 aromatic heterocycles. The van der Waals surface area contributed by atoms with Gasteiger partial charge in [0.25, 0.3) is 0 Å². The summed E-state index contributed by atoms with van der Waals surface area (Å²) in [7, 11) is -2.40. The summed E-state index contributed by atoms with van der Waals surface area (Å²) in [5, 5.41) is 2.09. The Bertz CT molecular complexity index is 195. The lowest BCUT2D eigenvalue weighted by molar-refractivity contribution is 0.582. The van der Waals surface area contributed by atoms with Gasteiger partial charge in [-0.1, -0.05) is 6.08 Å². The highest BCUT2D eigenvalue weighted by molar-refractivity contribution is 7.78. The molecule has 0 heterocycles. The van der Waals surface area contributed by atoms with Gasteiger partial charge in [0.05, 0.1) is 5.16 Å². The van der Waals surface area contributed by atoms with Crippen LogP contribution >= 0.6 is 19.5 Å². The second kappa shape index (κ2) is 3.73. The van der Waals surface area contributed by atoms with Crippen molar-refractivity contribution in [1.82, 2.24) is 0 Å². The smallest absolute Gasteiger partial charge is 0.200 e. The van der Waals surface area contributed by atoms with E-state index >= 15 is 0 Å². The lowest BCUT2D eigenvalue weighted by Gasteiger charge is -1.97. The summed E-state index contributed by atoms with van der Waals surface area (Å²) in [6.45, 7) is 4.98. The summed E-state index contributed by atoms with van der Waals surface area (Å²) in [5.74, 6) is 0. The van der Waals surface area contributed by atoms with Crippen molar-refractivity contribution < 1.29 is 4.57 Å². The van der Waals surface area contributed by atoms with Gasteiger partial charge in [0, 0.05) is 12.8 Å². The second-order valence-electron chi connectivity index (χ2n) is 1.71. The van der Waals surface area contributed by atoms with Gasteiger partial charge in [-0.05, 0) is 12.2 Å². The molecule has 0 amide bonds. The van der Waals surface area contributed by atoms with E-state index in [9.17, 15) is 4.57 Å². The Labute approximate surface area is 60.1 Å². The Morgan fingerprint density at radius 2 is 2.56 bits per heavy atom. The monoisotopic (exact) mass is 161 g/mol. The molecule has 0 fully saturated rings. The van der Waals surface area contributed by atoms with E-state index < -0.39 is 7.29 Å². The van der Waals surface area contributed by atoms with Crippen LogP contribution in [-0.4, -0.2) is 18.0 Å². The lowest BCUT2D eigenvalue weighted by atomic mass is 10.8. The third-order valence-corrected chi connectivity index (χ3v) is 2.41. The van der Waals surface area contributed by atoms with E-state index in [1.54, 1.807) is 12.7 Å². The van der Waals surface area contributed by atoms with Gasteiger partial charge in [0.2, 0.25) is 0 Å².